The first-order valence-corrected chi connectivity index (χ1v) is 7.60. The van der Waals surface area contributed by atoms with E-state index in [4.69, 9.17) is 0 Å². The van der Waals surface area contributed by atoms with E-state index < -0.39 is 38.0 Å². The Morgan fingerprint density at radius 3 is 2.14 bits per heavy atom. The third-order valence-electron chi connectivity index (χ3n) is 2.80. The van der Waals surface area contributed by atoms with Crippen LogP contribution in [-0.4, -0.2) is 26.2 Å². The largest absolute Gasteiger partial charge is 0.465 e. The van der Waals surface area contributed by atoms with Crippen LogP contribution in [0.4, 0.5) is 18.9 Å². The van der Waals surface area contributed by atoms with Gasteiger partial charge in [-0.3, -0.25) is 4.72 Å². The molecule has 0 aliphatic carbocycles. The fraction of sp³-hybridized carbons (Fsp3) is 0.462. The van der Waals surface area contributed by atoms with Gasteiger partial charge in [0.2, 0.25) is 10.0 Å². The number of rotatable bonds is 3. The van der Waals surface area contributed by atoms with Gasteiger partial charge < -0.3 is 4.74 Å². The molecule has 0 radical (unpaired) electrons. The first-order chi connectivity index (χ1) is 9.79. The van der Waals surface area contributed by atoms with Gasteiger partial charge >= 0.3 is 12.1 Å². The van der Waals surface area contributed by atoms with E-state index in [0.717, 1.165) is 13.2 Å². The van der Waals surface area contributed by atoms with Crippen LogP contribution in [0.25, 0.3) is 0 Å². The summed E-state index contributed by atoms with van der Waals surface area (Å²) in [4.78, 5) is 11.6. The van der Waals surface area contributed by atoms with Crippen molar-refractivity contribution in [1.82, 2.24) is 0 Å². The Bertz CT molecular complexity index is 676. The molecule has 1 rings (SSSR count). The summed E-state index contributed by atoms with van der Waals surface area (Å²) in [6.07, 6.45) is -4.66. The summed E-state index contributed by atoms with van der Waals surface area (Å²) in [5.41, 5.74) is -1.86. The highest BCUT2D eigenvalue weighted by Gasteiger charge is 2.34. The summed E-state index contributed by atoms with van der Waals surface area (Å²) < 4.78 is 67.6. The number of ether oxygens (including phenoxy) is 1. The molecular formula is C13H16F3NO4S. The number of carbonyl (C=O) groups excluding carboxylic acids is 1. The molecule has 1 N–H and O–H groups in total. The number of methoxy groups -OCH3 is 1. The molecule has 0 aromatic heterocycles. The Hall–Kier alpha value is -1.77. The van der Waals surface area contributed by atoms with Crippen LogP contribution >= 0.6 is 0 Å². The van der Waals surface area contributed by atoms with Crippen molar-refractivity contribution >= 4 is 21.7 Å². The topological polar surface area (TPSA) is 72.5 Å². The molecule has 0 atom stereocenters. The fourth-order valence-corrected chi connectivity index (χ4v) is 2.16. The van der Waals surface area contributed by atoms with Gasteiger partial charge in [-0.15, -0.1) is 0 Å². The molecule has 22 heavy (non-hydrogen) atoms. The maximum absolute atomic E-state index is 12.7. The van der Waals surface area contributed by atoms with Crippen LogP contribution < -0.4 is 4.72 Å². The Morgan fingerprint density at radius 1 is 1.18 bits per heavy atom. The number of nitrogens with one attached hydrogen (secondary N) is 1. The van der Waals surface area contributed by atoms with Gasteiger partial charge in [-0.25, -0.2) is 13.2 Å². The molecule has 0 heterocycles. The maximum Gasteiger partial charge on any atom is 0.416 e. The van der Waals surface area contributed by atoms with Crippen molar-refractivity contribution in [3.05, 3.63) is 29.3 Å². The van der Waals surface area contributed by atoms with Gasteiger partial charge in [0.1, 0.15) is 0 Å². The van der Waals surface area contributed by atoms with Crippen LogP contribution in [0.2, 0.25) is 0 Å². The molecule has 1 aromatic rings. The van der Waals surface area contributed by atoms with E-state index in [1.165, 1.54) is 20.8 Å². The number of hydrogen-bond donors (Lipinski definition) is 1. The molecule has 0 fully saturated rings. The molecule has 0 spiro atoms. The molecular weight excluding hydrogens is 323 g/mol. The van der Waals surface area contributed by atoms with Crippen LogP contribution in [0.15, 0.2) is 18.2 Å². The van der Waals surface area contributed by atoms with Gasteiger partial charge in [0.25, 0.3) is 0 Å². The Morgan fingerprint density at radius 2 is 1.73 bits per heavy atom. The summed E-state index contributed by atoms with van der Waals surface area (Å²) in [7, 11) is -2.91. The Labute approximate surface area is 126 Å². The minimum Gasteiger partial charge on any atom is -0.465 e. The summed E-state index contributed by atoms with van der Waals surface area (Å²) in [6, 6.07) is 2.12. The lowest BCUT2D eigenvalue weighted by molar-refractivity contribution is -0.137. The number of hydrogen-bond acceptors (Lipinski definition) is 4. The standard InChI is InChI=1S/C13H16F3NO4S/c1-12(2,3)22(19,20)17-10-6-5-8(13(14,15)16)7-9(10)11(18)21-4/h5-7,17H,1-4H3. The average molecular weight is 339 g/mol. The van der Waals surface area contributed by atoms with Crippen LogP contribution in [0.3, 0.4) is 0 Å². The lowest BCUT2D eigenvalue weighted by Gasteiger charge is -2.22. The second-order valence-electron chi connectivity index (χ2n) is 5.47. The monoisotopic (exact) mass is 339 g/mol. The number of halogens is 3. The van der Waals surface area contributed by atoms with E-state index in [1.807, 2.05) is 0 Å². The lowest BCUT2D eigenvalue weighted by Crippen LogP contribution is -2.34. The van der Waals surface area contributed by atoms with Crippen molar-refractivity contribution in [1.29, 1.82) is 0 Å². The number of sulfonamides is 1. The van der Waals surface area contributed by atoms with E-state index >= 15 is 0 Å². The highest BCUT2D eigenvalue weighted by molar-refractivity contribution is 7.94. The summed E-state index contributed by atoms with van der Waals surface area (Å²) >= 11 is 0. The predicted molar refractivity (Wildman–Crippen MR) is 75.1 cm³/mol. The van der Waals surface area contributed by atoms with Crippen molar-refractivity contribution in [2.24, 2.45) is 0 Å². The van der Waals surface area contributed by atoms with Crippen molar-refractivity contribution in [2.75, 3.05) is 11.8 Å². The molecule has 0 aliphatic heterocycles. The number of anilines is 1. The number of alkyl halides is 3. The zero-order valence-electron chi connectivity index (χ0n) is 12.4. The predicted octanol–water partition coefficient (Wildman–Crippen LogP) is 3.03. The van der Waals surface area contributed by atoms with Crippen LogP contribution in [0, 0.1) is 0 Å². The van der Waals surface area contributed by atoms with Crippen LogP contribution in [0.5, 0.6) is 0 Å². The first-order valence-electron chi connectivity index (χ1n) is 6.11. The SMILES string of the molecule is COC(=O)c1cc(C(F)(F)F)ccc1NS(=O)(=O)C(C)(C)C. The van der Waals surface area contributed by atoms with E-state index in [9.17, 15) is 26.4 Å². The van der Waals surface area contributed by atoms with Gasteiger partial charge in [0, 0.05) is 0 Å². The third-order valence-corrected chi connectivity index (χ3v) is 4.90. The highest BCUT2D eigenvalue weighted by atomic mass is 32.2. The first kappa shape index (κ1) is 18.3. The van der Waals surface area contributed by atoms with Gasteiger partial charge in [0.05, 0.1) is 28.7 Å². The molecule has 0 aliphatic rings. The van der Waals surface area contributed by atoms with Crippen molar-refractivity contribution in [3.8, 4) is 0 Å². The molecule has 0 saturated heterocycles. The number of esters is 1. The zero-order valence-corrected chi connectivity index (χ0v) is 13.2. The van der Waals surface area contributed by atoms with Crippen molar-refractivity contribution < 1.29 is 31.1 Å². The second kappa shape index (κ2) is 5.79. The zero-order chi connectivity index (χ0) is 17.3. The molecule has 9 heteroatoms. The Kier molecular flexibility index (Phi) is 4.81. The van der Waals surface area contributed by atoms with E-state index in [1.54, 1.807) is 0 Å². The fourth-order valence-electron chi connectivity index (χ4n) is 1.39. The minimum absolute atomic E-state index is 0.269. The third kappa shape index (κ3) is 3.90. The van der Waals surface area contributed by atoms with E-state index in [2.05, 4.69) is 9.46 Å². The van der Waals surface area contributed by atoms with Gasteiger partial charge in [-0.2, -0.15) is 13.2 Å². The molecule has 0 unspecified atom stereocenters. The molecule has 0 saturated carbocycles. The molecule has 0 bridgehead atoms. The van der Waals surface area contributed by atoms with Gasteiger partial charge in [0.15, 0.2) is 0 Å². The highest BCUT2D eigenvalue weighted by Crippen LogP contribution is 2.33. The summed E-state index contributed by atoms with van der Waals surface area (Å²) in [5.74, 6) is -1.07. The number of benzene rings is 1. The average Bonchev–Trinajstić information content (AvgIpc) is 2.35. The summed E-state index contributed by atoms with van der Waals surface area (Å²) in [5, 5.41) is 0. The molecule has 124 valence electrons. The summed E-state index contributed by atoms with van der Waals surface area (Å²) in [6.45, 7) is 4.24. The molecule has 0 amide bonds. The lowest BCUT2D eigenvalue weighted by atomic mass is 10.1. The minimum atomic E-state index is -4.66. The normalized spacial score (nSPS) is 12.9. The molecule has 5 nitrogen and oxygen atoms in total. The van der Waals surface area contributed by atoms with Crippen LogP contribution in [0.1, 0.15) is 36.7 Å². The van der Waals surface area contributed by atoms with Gasteiger partial charge in [-0.1, -0.05) is 0 Å². The maximum atomic E-state index is 12.7. The van der Waals surface area contributed by atoms with E-state index in [0.29, 0.717) is 12.1 Å². The Balaban J connectivity index is 3.41. The quantitative estimate of drug-likeness (QED) is 0.859. The smallest absolute Gasteiger partial charge is 0.416 e. The number of carbonyl (C=O) groups is 1. The van der Waals surface area contributed by atoms with E-state index in [-0.39, 0.29) is 5.69 Å². The van der Waals surface area contributed by atoms with Crippen molar-refractivity contribution in [3.63, 3.8) is 0 Å². The second-order valence-corrected chi connectivity index (χ2v) is 7.90. The van der Waals surface area contributed by atoms with Crippen molar-refractivity contribution in [2.45, 2.75) is 31.7 Å². The van der Waals surface area contributed by atoms with Crippen LogP contribution in [-0.2, 0) is 20.9 Å². The molecule has 1 aromatic carbocycles. The van der Waals surface area contributed by atoms with Gasteiger partial charge in [-0.05, 0) is 39.0 Å².